The molecule has 8 nitrogen and oxygen atoms in total. The molecule has 0 aliphatic carbocycles. The third-order valence-electron chi connectivity index (χ3n) is 5.06. The normalized spacial score (nSPS) is 16.9. The maximum Gasteiger partial charge on any atom is 0.332 e. The van der Waals surface area contributed by atoms with E-state index in [-0.39, 0.29) is 23.9 Å². The molecule has 0 saturated carbocycles. The maximum absolute atomic E-state index is 13.0. The Hall–Kier alpha value is -2.87. The summed E-state index contributed by atoms with van der Waals surface area (Å²) in [6.07, 6.45) is 2.23. The Morgan fingerprint density at radius 3 is 2.67 bits per heavy atom. The molecular weight excluding hydrogens is 346 g/mol. The number of nitrogens with one attached hydrogen (secondary N) is 1. The van der Waals surface area contributed by atoms with Gasteiger partial charge in [0.2, 0.25) is 5.95 Å². The van der Waals surface area contributed by atoms with E-state index in [0.717, 1.165) is 25.0 Å². The van der Waals surface area contributed by atoms with E-state index in [4.69, 9.17) is 4.74 Å². The third kappa shape index (κ3) is 3.16. The van der Waals surface area contributed by atoms with E-state index >= 15 is 0 Å². The first-order chi connectivity index (χ1) is 13.1. The van der Waals surface area contributed by atoms with Gasteiger partial charge in [-0.05, 0) is 18.4 Å². The molecule has 0 bridgehead atoms. The number of ether oxygens (including phenoxy) is 1. The second kappa shape index (κ2) is 7.03. The average Bonchev–Trinajstić information content (AvgIpc) is 3.31. The first-order valence-corrected chi connectivity index (χ1v) is 9.12. The average molecular weight is 369 g/mol. The molecule has 142 valence electrons. The highest BCUT2D eigenvalue weighted by Gasteiger charge is 2.20. The predicted octanol–water partition coefficient (Wildman–Crippen LogP) is 1.07. The summed E-state index contributed by atoms with van der Waals surface area (Å²) in [5.74, 6) is 0.560. The van der Waals surface area contributed by atoms with Gasteiger partial charge in [0.05, 0.1) is 12.6 Å². The van der Waals surface area contributed by atoms with Crippen molar-refractivity contribution in [2.75, 3.05) is 18.5 Å². The van der Waals surface area contributed by atoms with Gasteiger partial charge >= 0.3 is 5.69 Å². The fraction of sp³-hybridized carbons (Fsp3) is 0.421. The molecule has 8 heteroatoms. The van der Waals surface area contributed by atoms with Crippen molar-refractivity contribution in [2.45, 2.75) is 25.5 Å². The van der Waals surface area contributed by atoms with Crippen LogP contribution < -0.4 is 16.6 Å². The van der Waals surface area contributed by atoms with E-state index < -0.39 is 0 Å². The number of hydrogen-bond acceptors (Lipinski definition) is 5. The Kier molecular flexibility index (Phi) is 4.57. The Bertz CT molecular complexity index is 1070. The molecule has 27 heavy (non-hydrogen) atoms. The first-order valence-electron chi connectivity index (χ1n) is 9.12. The van der Waals surface area contributed by atoms with Crippen LogP contribution in [0.3, 0.4) is 0 Å². The number of anilines is 1. The molecule has 1 aliphatic rings. The van der Waals surface area contributed by atoms with Gasteiger partial charge < -0.3 is 14.6 Å². The third-order valence-corrected chi connectivity index (χ3v) is 5.06. The minimum absolute atomic E-state index is 0.156. The number of imidazole rings is 1. The van der Waals surface area contributed by atoms with Crippen LogP contribution >= 0.6 is 0 Å². The van der Waals surface area contributed by atoms with Gasteiger partial charge in [-0.1, -0.05) is 30.3 Å². The number of aryl methyl sites for hydroxylation is 2. The van der Waals surface area contributed by atoms with Crippen LogP contribution in [0.15, 0.2) is 39.9 Å². The molecule has 1 saturated heterocycles. The van der Waals surface area contributed by atoms with Crippen LogP contribution in [-0.2, 0) is 25.4 Å². The summed E-state index contributed by atoms with van der Waals surface area (Å²) in [6.45, 7) is 1.64. The zero-order valence-electron chi connectivity index (χ0n) is 15.5. The van der Waals surface area contributed by atoms with Crippen molar-refractivity contribution in [3.8, 4) is 0 Å². The predicted molar refractivity (Wildman–Crippen MR) is 103 cm³/mol. The fourth-order valence-corrected chi connectivity index (χ4v) is 3.52. The molecular formula is C19H23N5O3. The molecule has 1 atom stereocenters. The van der Waals surface area contributed by atoms with Crippen molar-refractivity contribution in [2.24, 2.45) is 14.1 Å². The summed E-state index contributed by atoms with van der Waals surface area (Å²) >= 11 is 0. The summed E-state index contributed by atoms with van der Waals surface area (Å²) < 4.78 is 10.0. The minimum atomic E-state index is -0.375. The Morgan fingerprint density at radius 2 is 1.96 bits per heavy atom. The van der Waals surface area contributed by atoms with Gasteiger partial charge in [-0.2, -0.15) is 4.98 Å². The molecule has 0 spiro atoms. The van der Waals surface area contributed by atoms with Crippen molar-refractivity contribution in [1.82, 2.24) is 18.7 Å². The van der Waals surface area contributed by atoms with E-state index in [2.05, 4.69) is 10.3 Å². The molecule has 2 aromatic heterocycles. The molecule has 4 rings (SSSR count). The standard InChI is InChI=1S/C19H23N5O3/c1-22-15-16(21-18(22)20-11-14-9-6-10-27-14)23(2)19(26)24(17(15)25)12-13-7-4-3-5-8-13/h3-5,7-8,14H,6,9-12H2,1-2H3,(H,20,21)/t14-/m0/s1. The van der Waals surface area contributed by atoms with Crippen LogP contribution in [-0.4, -0.2) is 37.9 Å². The molecule has 1 aromatic carbocycles. The molecule has 0 unspecified atom stereocenters. The largest absolute Gasteiger partial charge is 0.376 e. The van der Waals surface area contributed by atoms with Gasteiger partial charge in [-0.25, -0.2) is 4.79 Å². The van der Waals surface area contributed by atoms with Crippen LogP contribution in [0.2, 0.25) is 0 Å². The molecule has 3 aromatic rings. The molecule has 1 fully saturated rings. The lowest BCUT2D eigenvalue weighted by atomic mass is 10.2. The lowest BCUT2D eigenvalue weighted by molar-refractivity contribution is 0.120. The number of aromatic nitrogens is 4. The minimum Gasteiger partial charge on any atom is -0.376 e. The number of fused-ring (bicyclic) bond motifs is 1. The Morgan fingerprint density at radius 1 is 1.19 bits per heavy atom. The number of rotatable bonds is 5. The van der Waals surface area contributed by atoms with Gasteiger partial charge in [0.15, 0.2) is 11.2 Å². The fourth-order valence-electron chi connectivity index (χ4n) is 3.52. The smallest absolute Gasteiger partial charge is 0.332 e. The molecule has 0 radical (unpaired) electrons. The highest BCUT2D eigenvalue weighted by molar-refractivity contribution is 5.74. The highest BCUT2D eigenvalue weighted by Crippen LogP contribution is 2.16. The van der Waals surface area contributed by atoms with E-state index in [9.17, 15) is 9.59 Å². The van der Waals surface area contributed by atoms with Crippen molar-refractivity contribution < 1.29 is 4.74 Å². The zero-order valence-corrected chi connectivity index (χ0v) is 15.5. The summed E-state index contributed by atoms with van der Waals surface area (Å²) in [5.41, 5.74) is 0.974. The van der Waals surface area contributed by atoms with Crippen LogP contribution in [0.4, 0.5) is 5.95 Å². The van der Waals surface area contributed by atoms with E-state index in [1.165, 1.54) is 9.13 Å². The zero-order chi connectivity index (χ0) is 19.0. The monoisotopic (exact) mass is 369 g/mol. The van der Waals surface area contributed by atoms with Gasteiger partial charge in [-0.15, -0.1) is 0 Å². The SMILES string of the molecule is Cn1c(NC[C@@H]2CCCO2)nc2c1c(=O)n(Cc1ccccc1)c(=O)n2C. The molecule has 1 N–H and O–H groups in total. The molecule has 1 aliphatic heterocycles. The molecule has 3 heterocycles. The first kappa shape index (κ1) is 17.5. The lowest BCUT2D eigenvalue weighted by Gasteiger charge is -2.11. The summed E-state index contributed by atoms with van der Waals surface area (Å²) in [7, 11) is 3.42. The van der Waals surface area contributed by atoms with Crippen molar-refractivity contribution >= 4 is 17.1 Å². The summed E-state index contributed by atoms with van der Waals surface area (Å²) in [4.78, 5) is 30.3. The number of nitrogens with zero attached hydrogens (tertiary/aromatic N) is 4. The Labute approximate surface area is 156 Å². The second-order valence-corrected chi connectivity index (χ2v) is 6.90. The Balaban J connectivity index is 1.74. The van der Waals surface area contributed by atoms with Gasteiger partial charge in [-0.3, -0.25) is 13.9 Å². The van der Waals surface area contributed by atoms with E-state index in [1.807, 2.05) is 30.3 Å². The van der Waals surface area contributed by atoms with Crippen LogP contribution in [0.5, 0.6) is 0 Å². The number of hydrogen-bond donors (Lipinski definition) is 1. The summed E-state index contributed by atoms with van der Waals surface area (Å²) in [6, 6.07) is 9.48. The van der Waals surface area contributed by atoms with Crippen LogP contribution in [0.25, 0.3) is 11.2 Å². The highest BCUT2D eigenvalue weighted by atomic mass is 16.5. The quantitative estimate of drug-likeness (QED) is 0.727. The van der Waals surface area contributed by atoms with E-state index in [0.29, 0.717) is 23.7 Å². The van der Waals surface area contributed by atoms with Crippen molar-refractivity contribution in [3.05, 3.63) is 56.7 Å². The second-order valence-electron chi connectivity index (χ2n) is 6.90. The summed E-state index contributed by atoms with van der Waals surface area (Å²) in [5, 5.41) is 3.25. The maximum atomic E-state index is 13.0. The van der Waals surface area contributed by atoms with Gasteiger partial charge in [0.25, 0.3) is 5.56 Å². The van der Waals surface area contributed by atoms with Gasteiger partial charge in [0.1, 0.15) is 0 Å². The van der Waals surface area contributed by atoms with Crippen molar-refractivity contribution in [1.29, 1.82) is 0 Å². The van der Waals surface area contributed by atoms with E-state index in [1.54, 1.807) is 18.7 Å². The molecule has 0 amide bonds. The van der Waals surface area contributed by atoms with Crippen molar-refractivity contribution in [3.63, 3.8) is 0 Å². The van der Waals surface area contributed by atoms with Crippen LogP contribution in [0.1, 0.15) is 18.4 Å². The van der Waals surface area contributed by atoms with Crippen LogP contribution in [0, 0.1) is 0 Å². The van der Waals surface area contributed by atoms with Gasteiger partial charge in [0, 0.05) is 27.2 Å². The number of benzene rings is 1. The lowest BCUT2D eigenvalue weighted by Crippen LogP contribution is -2.39. The topological polar surface area (TPSA) is 83.1 Å².